The molecule has 0 aliphatic heterocycles. The minimum absolute atomic E-state index is 0.169. The van der Waals surface area contributed by atoms with Crippen molar-refractivity contribution in [2.45, 2.75) is 241 Å². The maximum Gasteiger partial charge on any atom is 0.333 e. The lowest BCUT2D eigenvalue weighted by Crippen LogP contribution is -2.54. The highest BCUT2D eigenvalue weighted by Gasteiger charge is 2.60. The normalized spacial score (nSPS) is 30.1. The van der Waals surface area contributed by atoms with Gasteiger partial charge in [0, 0.05) is 18.5 Å². The summed E-state index contributed by atoms with van der Waals surface area (Å²) in [6.45, 7) is 20.1. The van der Waals surface area contributed by atoms with Crippen LogP contribution in [0.25, 0.3) is 0 Å². The average molecular weight is 948 g/mol. The zero-order chi connectivity index (χ0) is 45.1. The van der Waals surface area contributed by atoms with Crippen LogP contribution in [-0.4, -0.2) is 44.5 Å². The van der Waals surface area contributed by atoms with E-state index in [4.69, 9.17) is 13.6 Å². The first-order chi connectivity index (χ1) is 29.7. The highest BCUT2D eigenvalue weighted by Crippen LogP contribution is 2.69. The molecule has 1 N–H and O–H groups in total. The van der Waals surface area contributed by atoms with Gasteiger partial charge in [0.05, 0.1) is 5.41 Å². The Hall–Kier alpha value is -0.473. The van der Waals surface area contributed by atoms with E-state index in [0.717, 1.165) is 80.2 Å². The molecule has 4 aliphatic rings. The number of halogens is 1. The number of carboxylic acid groups (broad SMARTS) is 1. The summed E-state index contributed by atoms with van der Waals surface area (Å²) in [6.07, 6.45) is 44.2. The average Bonchev–Trinajstić information content (AvgIpc) is 3.59. The van der Waals surface area contributed by atoms with Crippen LogP contribution in [0.5, 0.6) is 0 Å². The van der Waals surface area contributed by atoms with Gasteiger partial charge in [0.1, 0.15) is 6.29 Å². The topological polar surface area (TPSA) is 65.0 Å². The molecule has 0 saturated heterocycles. The number of fused-ring (bicyclic) bond motifs is 5. The Labute approximate surface area is 393 Å². The molecule has 4 saturated carbocycles. The summed E-state index contributed by atoms with van der Waals surface area (Å²) in [6, 6.07) is 0. The van der Waals surface area contributed by atoms with Crippen LogP contribution < -0.4 is 0 Å². The standard InChI is InChI=1S/C55H99BrO5Si/c1-9-10-11-12-13-14-15-16-17-18-19-20-21-22-24-27-40-59-51(61-62(7,8)60-41-28-25-23-26-39-56)34-29-44(2)48-32-33-49-47-31-30-46-42-45(43-53(3,4)52(57)58)35-37-54(46,5)50(47)36-38-55(48,49)6/h13-14,16-17,44-51H,9-12,15,18-43H2,1-8H3,(H,57,58)/b14-13-,17-16-/t44-,45-,46?,47?,48?,49?,50?,51?,54+,55-/m1/s1. The second-order valence-electron chi connectivity index (χ2n) is 22.8. The highest BCUT2D eigenvalue weighted by atomic mass is 79.9. The van der Waals surface area contributed by atoms with Crippen molar-refractivity contribution in [3.63, 3.8) is 0 Å². The molecule has 10 atom stereocenters. The Morgan fingerprint density at radius 2 is 1.40 bits per heavy atom. The number of ether oxygens (including phenoxy) is 1. The van der Waals surface area contributed by atoms with Crippen LogP contribution in [0.3, 0.4) is 0 Å². The first-order valence-corrected chi connectivity index (χ1v) is 30.6. The Morgan fingerprint density at radius 1 is 0.774 bits per heavy atom. The van der Waals surface area contributed by atoms with Gasteiger partial charge in [-0.2, -0.15) is 0 Å². The number of hydrogen-bond donors (Lipinski definition) is 1. The third-order valence-electron chi connectivity index (χ3n) is 17.3. The van der Waals surface area contributed by atoms with Gasteiger partial charge in [-0.15, -0.1) is 0 Å². The van der Waals surface area contributed by atoms with Crippen LogP contribution >= 0.6 is 15.9 Å². The van der Waals surface area contributed by atoms with E-state index in [-0.39, 0.29) is 6.29 Å². The van der Waals surface area contributed by atoms with Gasteiger partial charge >= 0.3 is 14.5 Å². The SMILES string of the molecule is CCCCC/C=C\C/C=C\CCCCCCCCOC(CC[C@@H](C)C1CCC2C3CCC4C[C@H](CC(C)(C)C(=O)O)CC[C@]4(C)C3CC[C@@]21C)O[Si](C)(C)OCCCCCCBr. The molecule has 0 aromatic rings. The number of alkyl halides is 1. The van der Waals surface area contributed by atoms with Crippen molar-refractivity contribution in [3.8, 4) is 0 Å². The maximum atomic E-state index is 12.0. The molecule has 0 aromatic carbocycles. The predicted molar refractivity (Wildman–Crippen MR) is 269 cm³/mol. The molecule has 0 heterocycles. The van der Waals surface area contributed by atoms with E-state index in [1.54, 1.807) is 0 Å². The van der Waals surface area contributed by atoms with Crippen molar-refractivity contribution in [2.75, 3.05) is 18.5 Å². The quantitative estimate of drug-likeness (QED) is 0.0239. The molecule has 0 aromatic heterocycles. The number of hydrogen-bond acceptors (Lipinski definition) is 4. The number of carboxylic acids is 1. The lowest BCUT2D eigenvalue weighted by molar-refractivity contribution is -0.149. The Kier molecular flexibility index (Phi) is 23.9. The molecular formula is C55H99BrO5Si. The molecule has 0 radical (unpaired) electrons. The van der Waals surface area contributed by atoms with Gasteiger partial charge < -0.3 is 18.7 Å². The molecule has 4 aliphatic carbocycles. The molecule has 4 fully saturated rings. The molecule has 5 nitrogen and oxygen atoms in total. The summed E-state index contributed by atoms with van der Waals surface area (Å²) in [5.41, 5.74) is 0.266. The van der Waals surface area contributed by atoms with Crippen LogP contribution in [0, 0.1) is 57.7 Å². The van der Waals surface area contributed by atoms with Crippen LogP contribution in [0.15, 0.2) is 24.3 Å². The zero-order valence-corrected chi connectivity index (χ0v) is 44.4. The van der Waals surface area contributed by atoms with E-state index < -0.39 is 19.9 Å². The Balaban J connectivity index is 1.23. The Bertz CT molecular complexity index is 1320. The zero-order valence-electron chi connectivity index (χ0n) is 41.8. The van der Waals surface area contributed by atoms with Crippen LogP contribution in [0.2, 0.25) is 13.1 Å². The van der Waals surface area contributed by atoms with E-state index in [0.29, 0.717) is 22.7 Å². The molecule has 0 amide bonds. The smallest absolute Gasteiger partial charge is 0.333 e. The second-order valence-corrected chi connectivity index (χ2v) is 26.9. The van der Waals surface area contributed by atoms with Gasteiger partial charge in [0.15, 0.2) is 0 Å². The third-order valence-corrected chi connectivity index (χ3v) is 19.6. The third kappa shape index (κ3) is 16.7. The number of carbonyl (C=O) groups is 1. The van der Waals surface area contributed by atoms with Crippen molar-refractivity contribution in [2.24, 2.45) is 57.7 Å². The van der Waals surface area contributed by atoms with E-state index in [1.807, 2.05) is 13.8 Å². The van der Waals surface area contributed by atoms with Gasteiger partial charge in [-0.05, 0) is 208 Å². The molecule has 0 spiro atoms. The summed E-state index contributed by atoms with van der Waals surface area (Å²) in [4.78, 5) is 12.0. The summed E-state index contributed by atoms with van der Waals surface area (Å²) < 4.78 is 20.0. The van der Waals surface area contributed by atoms with Gasteiger partial charge in [0.25, 0.3) is 0 Å². The Morgan fingerprint density at radius 3 is 2.10 bits per heavy atom. The minimum Gasteiger partial charge on any atom is -0.481 e. The molecule has 6 unspecified atom stereocenters. The molecule has 0 bridgehead atoms. The monoisotopic (exact) mass is 947 g/mol. The van der Waals surface area contributed by atoms with Crippen LogP contribution in [0.1, 0.15) is 221 Å². The number of unbranched alkanes of at least 4 members (excludes halogenated alkanes) is 12. The summed E-state index contributed by atoms with van der Waals surface area (Å²) >= 11 is 3.57. The van der Waals surface area contributed by atoms with Crippen LogP contribution in [-0.2, 0) is 18.4 Å². The van der Waals surface area contributed by atoms with E-state index in [2.05, 4.69) is 81.0 Å². The van der Waals surface area contributed by atoms with Crippen molar-refractivity contribution in [3.05, 3.63) is 24.3 Å². The molecule has 7 heteroatoms. The molecule has 4 rings (SSSR count). The van der Waals surface area contributed by atoms with Gasteiger partial charge in [-0.3, -0.25) is 4.79 Å². The second kappa shape index (κ2) is 27.4. The largest absolute Gasteiger partial charge is 0.481 e. The first-order valence-electron chi connectivity index (χ1n) is 26.7. The molecular weight excluding hydrogens is 849 g/mol. The van der Waals surface area contributed by atoms with E-state index in [1.165, 1.54) is 148 Å². The minimum atomic E-state index is -2.33. The first kappa shape index (κ1) is 54.1. The number of rotatable bonds is 32. The van der Waals surface area contributed by atoms with Crippen molar-refractivity contribution in [1.82, 2.24) is 0 Å². The lowest BCUT2D eigenvalue weighted by atomic mass is 9.43. The van der Waals surface area contributed by atoms with Crippen molar-refractivity contribution >= 4 is 30.5 Å². The fourth-order valence-electron chi connectivity index (χ4n) is 13.6. The molecule has 62 heavy (non-hydrogen) atoms. The summed E-state index contributed by atoms with van der Waals surface area (Å²) in [5, 5.41) is 10.9. The lowest BCUT2D eigenvalue weighted by Gasteiger charge is -2.61. The summed E-state index contributed by atoms with van der Waals surface area (Å²) in [5.74, 6) is 4.73. The maximum absolute atomic E-state index is 12.0. The fourth-order valence-corrected chi connectivity index (χ4v) is 15.5. The van der Waals surface area contributed by atoms with Gasteiger partial charge in [-0.1, -0.05) is 119 Å². The van der Waals surface area contributed by atoms with E-state index in [9.17, 15) is 9.90 Å². The fraction of sp³-hybridized carbons (Fsp3) is 0.909. The van der Waals surface area contributed by atoms with Gasteiger partial charge in [-0.25, -0.2) is 0 Å². The predicted octanol–water partition coefficient (Wildman–Crippen LogP) is 17.0. The molecule has 360 valence electrons. The van der Waals surface area contributed by atoms with Gasteiger partial charge in [0.2, 0.25) is 0 Å². The highest BCUT2D eigenvalue weighted by molar-refractivity contribution is 9.09. The number of allylic oxidation sites excluding steroid dienone is 4. The van der Waals surface area contributed by atoms with Crippen LogP contribution in [0.4, 0.5) is 0 Å². The van der Waals surface area contributed by atoms with Crippen molar-refractivity contribution < 1.29 is 23.5 Å². The van der Waals surface area contributed by atoms with E-state index >= 15 is 0 Å². The number of aliphatic carboxylic acids is 1. The van der Waals surface area contributed by atoms with Crippen molar-refractivity contribution in [1.29, 1.82) is 0 Å². The summed E-state index contributed by atoms with van der Waals surface area (Å²) in [7, 11) is -2.33.